The van der Waals surface area contributed by atoms with Crippen LogP contribution in [-0.2, 0) is 4.79 Å². The zero-order chi connectivity index (χ0) is 18.4. The van der Waals surface area contributed by atoms with Crippen molar-refractivity contribution in [2.24, 2.45) is 0 Å². The molecule has 0 spiro atoms. The second-order valence-electron chi connectivity index (χ2n) is 5.99. The van der Waals surface area contributed by atoms with Crippen LogP contribution < -0.4 is 10.1 Å². The molecule has 0 heterocycles. The van der Waals surface area contributed by atoms with Gasteiger partial charge in [-0.15, -0.1) is 0 Å². The number of ether oxygens (including phenoxy) is 1. The number of nitrogens with one attached hydrogen (secondary N) is 1. The van der Waals surface area contributed by atoms with Crippen molar-refractivity contribution in [2.45, 2.75) is 13.0 Å². The molecule has 3 aromatic rings. The molecule has 1 atom stereocenters. The van der Waals surface area contributed by atoms with Gasteiger partial charge in [0.05, 0.1) is 6.04 Å². The molecule has 26 heavy (non-hydrogen) atoms. The van der Waals surface area contributed by atoms with Crippen molar-refractivity contribution in [3.05, 3.63) is 90.2 Å². The van der Waals surface area contributed by atoms with Crippen molar-refractivity contribution in [3.8, 4) is 16.9 Å². The number of halogens is 1. The van der Waals surface area contributed by atoms with E-state index in [2.05, 4.69) is 5.32 Å². The van der Waals surface area contributed by atoms with Crippen LogP contribution in [0.2, 0.25) is 0 Å². The highest BCUT2D eigenvalue weighted by molar-refractivity contribution is 5.78. The van der Waals surface area contributed by atoms with Crippen molar-refractivity contribution in [1.29, 1.82) is 0 Å². The van der Waals surface area contributed by atoms with Crippen molar-refractivity contribution < 1.29 is 13.9 Å². The van der Waals surface area contributed by atoms with Gasteiger partial charge in [0, 0.05) is 5.56 Å². The molecule has 0 aliphatic carbocycles. The summed E-state index contributed by atoms with van der Waals surface area (Å²) in [6.45, 7) is 1.76. The molecule has 0 aliphatic rings. The molecule has 0 fully saturated rings. The van der Waals surface area contributed by atoms with E-state index in [1.54, 1.807) is 12.1 Å². The van der Waals surface area contributed by atoms with Gasteiger partial charge in [0.25, 0.3) is 5.91 Å². The SMILES string of the molecule is C[C@@H](NC(=O)COc1ccccc1-c1ccccc1)c1ccc(F)cc1. The van der Waals surface area contributed by atoms with Crippen molar-refractivity contribution in [2.75, 3.05) is 6.61 Å². The largest absolute Gasteiger partial charge is 0.483 e. The quantitative estimate of drug-likeness (QED) is 0.697. The lowest BCUT2D eigenvalue weighted by molar-refractivity contribution is -0.123. The molecular weight excluding hydrogens is 329 g/mol. The molecule has 0 radical (unpaired) electrons. The van der Waals surface area contributed by atoms with Crippen LogP contribution in [0, 0.1) is 5.82 Å². The Morgan fingerprint density at radius 1 is 0.962 bits per heavy atom. The van der Waals surface area contributed by atoms with E-state index in [1.165, 1.54) is 12.1 Å². The van der Waals surface area contributed by atoms with Gasteiger partial charge in [0.2, 0.25) is 0 Å². The smallest absolute Gasteiger partial charge is 0.258 e. The maximum atomic E-state index is 13.0. The van der Waals surface area contributed by atoms with Crippen LogP contribution in [0.1, 0.15) is 18.5 Å². The number of hydrogen-bond acceptors (Lipinski definition) is 2. The van der Waals surface area contributed by atoms with Gasteiger partial charge in [-0.25, -0.2) is 4.39 Å². The molecule has 3 aromatic carbocycles. The standard InChI is InChI=1S/C22H20FNO2/c1-16(17-11-13-19(23)14-12-17)24-22(25)15-26-21-10-6-5-9-20(21)18-7-3-2-4-8-18/h2-14,16H,15H2,1H3,(H,24,25)/t16-/m1/s1. The van der Waals surface area contributed by atoms with E-state index in [9.17, 15) is 9.18 Å². The van der Waals surface area contributed by atoms with E-state index in [-0.39, 0.29) is 24.4 Å². The van der Waals surface area contributed by atoms with Gasteiger partial charge in [-0.3, -0.25) is 4.79 Å². The predicted octanol–water partition coefficient (Wildman–Crippen LogP) is 4.75. The first-order valence-corrected chi connectivity index (χ1v) is 8.45. The van der Waals surface area contributed by atoms with Crippen molar-refractivity contribution in [1.82, 2.24) is 5.32 Å². The second-order valence-corrected chi connectivity index (χ2v) is 5.99. The van der Waals surface area contributed by atoms with Gasteiger partial charge in [-0.1, -0.05) is 60.7 Å². The highest BCUT2D eigenvalue weighted by atomic mass is 19.1. The van der Waals surface area contributed by atoms with Gasteiger partial charge in [0.1, 0.15) is 11.6 Å². The van der Waals surface area contributed by atoms with Crippen LogP contribution in [0.5, 0.6) is 5.75 Å². The fourth-order valence-electron chi connectivity index (χ4n) is 2.71. The van der Waals surface area contributed by atoms with Gasteiger partial charge in [-0.2, -0.15) is 0 Å². The van der Waals surface area contributed by atoms with E-state index in [4.69, 9.17) is 4.74 Å². The average Bonchev–Trinajstić information content (AvgIpc) is 2.68. The minimum Gasteiger partial charge on any atom is -0.483 e. The van der Waals surface area contributed by atoms with Crippen LogP contribution in [0.3, 0.4) is 0 Å². The monoisotopic (exact) mass is 349 g/mol. The molecule has 0 unspecified atom stereocenters. The molecule has 0 bridgehead atoms. The Balaban J connectivity index is 1.62. The molecule has 0 aromatic heterocycles. The number of hydrogen-bond donors (Lipinski definition) is 1. The highest BCUT2D eigenvalue weighted by Gasteiger charge is 2.12. The van der Waals surface area contributed by atoms with Crippen LogP contribution in [-0.4, -0.2) is 12.5 Å². The van der Waals surface area contributed by atoms with Crippen LogP contribution in [0.15, 0.2) is 78.9 Å². The predicted molar refractivity (Wildman–Crippen MR) is 100 cm³/mol. The topological polar surface area (TPSA) is 38.3 Å². The number of carbonyl (C=O) groups excluding carboxylic acids is 1. The molecule has 0 aliphatic heterocycles. The first-order chi connectivity index (χ1) is 12.6. The Labute approximate surface area is 152 Å². The summed E-state index contributed by atoms with van der Waals surface area (Å²) in [5.41, 5.74) is 2.81. The molecule has 0 saturated carbocycles. The highest BCUT2D eigenvalue weighted by Crippen LogP contribution is 2.29. The number of amides is 1. The lowest BCUT2D eigenvalue weighted by Crippen LogP contribution is -2.31. The van der Waals surface area contributed by atoms with Crippen LogP contribution in [0.25, 0.3) is 11.1 Å². The molecule has 3 rings (SSSR count). The van der Waals surface area contributed by atoms with E-state index in [1.807, 2.05) is 61.5 Å². The summed E-state index contributed by atoms with van der Waals surface area (Å²) in [5, 5.41) is 2.86. The van der Waals surface area contributed by atoms with E-state index in [0.29, 0.717) is 5.75 Å². The van der Waals surface area contributed by atoms with Crippen molar-refractivity contribution in [3.63, 3.8) is 0 Å². The molecule has 0 saturated heterocycles. The summed E-state index contributed by atoms with van der Waals surface area (Å²) in [5.74, 6) is 0.126. The van der Waals surface area contributed by atoms with E-state index < -0.39 is 0 Å². The number of benzene rings is 3. The number of para-hydroxylation sites is 1. The van der Waals surface area contributed by atoms with Gasteiger partial charge in [-0.05, 0) is 36.2 Å². The Bertz CT molecular complexity index is 863. The van der Waals surface area contributed by atoms with Gasteiger partial charge >= 0.3 is 0 Å². The third kappa shape index (κ3) is 4.48. The lowest BCUT2D eigenvalue weighted by atomic mass is 10.1. The average molecular weight is 349 g/mol. The maximum Gasteiger partial charge on any atom is 0.258 e. The number of rotatable bonds is 6. The number of carbonyl (C=O) groups is 1. The molecule has 1 N–H and O–H groups in total. The third-order valence-electron chi connectivity index (χ3n) is 4.08. The van der Waals surface area contributed by atoms with E-state index >= 15 is 0 Å². The minimum absolute atomic E-state index is 0.0879. The summed E-state index contributed by atoms with van der Waals surface area (Å²) < 4.78 is 18.7. The van der Waals surface area contributed by atoms with Crippen LogP contribution >= 0.6 is 0 Å². The Morgan fingerprint density at radius 3 is 2.35 bits per heavy atom. The molecule has 1 amide bonds. The zero-order valence-electron chi connectivity index (χ0n) is 14.5. The summed E-state index contributed by atoms with van der Waals surface area (Å²) in [6.07, 6.45) is 0. The molecular formula is C22H20FNO2. The van der Waals surface area contributed by atoms with Crippen molar-refractivity contribution >= 4 is 5.91 Å². The first-order valence-electron chi connectivity index (χ1n) is 8.45. The minimum atomic E-state index is -0.298. The maximum absolute atomic E-state index is 13.0. The zero-order valence-corrected chi connectivity index (χ0v) is 14.5. The second kappa shape index (κ2) is 8.30. The van der Waals surface area contributed by atoms with Gasteiger partial charge in [0.15, 0.2) is 6.61 Å². The normalized spacial score (nSPS) is 11.6. The fraction of sp³-hybridized carbons (Fsp3) is 0.136. The van der Waals surface area contributed by atoms with Crippen LogP contribution in [0.4, 0.5) is 4.39 Å². The molecule has 3 nitrogen and oxygen atoms in total. The summed E-state index contributed by atoms with van der Waals surface area (Å²) in [4.78, 5) is 12.2. The fourth-order valence-corrected chi connectivity index (χ4v) is 2.71. The summed E-state index contributed by atoms with van der Waals surface area (Å²) in [7, 11) is 0. The lowest BCUT2D eigenvalue weighted by Gasteiger charge is -2.16. The molecule has 4 heteroatoms. The Kier molecular flexibility index (Phi) is 5.64. The third-order valence-corrected chi connectivity index (χ3v) is 4.08. The molecule has 132 valence electrons. The summed E-state index contributed by atoms with van der Waals surface area (Å²) in [6, 6.07) is 23.3. The first kappa shape index (κ1) is 17.7. The Morgan fingerprint density at radius 2 is 1.62 bits per heavy atom. The Hall–Kier alpha value is -3.14. The summed E-state index contributed by atoms with van der Waals surface area (Å²) >= 11 is 0. The van der Waals surface area contributed by atoms with Gasteiger partial charge < -0.3 is 10.1 Å². The van der Waals surface area contributed by atoms with E-state index in [0.717, 1.165) is 16.7 Å².